The van der Waals surface area contributed by atoms with Gasteiger partial charge in [0.05, 0.1) is 26.8 Å². The summed E-state index contributed by atoms with van der Waals surface area (Å²) in [4.78, 5) is 24.3. The number of likely N-dealkylation sites (N-methyl/N-ethyl adjacent to an activating group) is 1. The Hall–Kier alpha value is -2.74. The van der Waals surface area contributed by atoms with Crippen molar-refractivity contribution in [3.05, 3.63) is 17.7 Å². The number of rotatable bonds is 12. The zero-order valence-corrected chi connectivity index (χ0v) is 21.7. The minimum atomic E-state index is 0.0160. The summed E-state index contributed by atoms with van der Waals surface area (Å²) in [6.45, 7) is 6.05. The smallest absolute Gasteiger partial charge is 0.226 e. The monoisotopic (exact) mass is 460 g/mol. The van der Waals surface area contributed by atoms with Crippen LogP contribution >= 0.6 is 0 Å². The highest BCUT2D eigenvalue weighted by Gasteiger charge is 2.25. The predicted octanol–water partition coefficient (Wildman–Crippen LogP) is 3.65. The molecule has 0 aliphatic heterocycles. The van der Waals surface area contributed by atoms with Gasteiger partial charge in [-0.05, 0) is 33.0 Å². The standard InChI is InChI=1S/C25H40N4O4/c1-10-17(11-2)25(30)29(13-12-27(3)4)16-18-14-19-20(26-24(18)28(5)6)15-21(31-7)23(33-9)22(19)32-8/h14-15,17H,10-13,16H2,1-9H3. The molecule has 0 bridgehead atoms. The first-order valence-corrected chi connectivity index (χ1v) is 11.5. The molecule has 184 valence electrons. The maximum absolute atomic E-state index is 13.4. The van der Waals surface area contributed by atoms with Crippen LogP contribution in [-0.4, -0.2) is 83.3 Å². The van der Waals surface area contributed by atoms with Crippen molar-refractivity contribution in [2.45, 2.75) is 33.2 Å². The largest absolute Gasteiger partial charge is 0.493 e. The number of carbonyl (C=O) groups is 1. The molecule has 2 rings (SSSR count). The second kappa shape index (κ2) is 11.9. The molecule has 33 heavy (non-hydrogen) atoms. The van der Waals surface area contributed by atoms with Gasteiger partial charge in [-0.3, -0.25) is 4.79 Å². The Bertz CT molecular complexity index is 942. The van der Waals surface area contributed by atoms with Crippen LogP contribution in [-0.2, 0) is 11.3 Å². The Labute approximate surface area is 198 Å². The number of pyridine rings is 1. The molecule has 0 saturated heterocycles. The summed E-state index contributed by atoms with van der Waals surface area (Å²) in [5.41, 5.74) is 1.69. The lowest BCUT2D eigenvalue weighted by Crippen LogP contribution is -2.40. The molecule has 1 aromatic carbocycles. The van der Waals surface area contributed by atoms with Gasteiger partial charge in [-0.25, -0.2) is 4.98 Å². The molecule has 0 spiro atoms. The van der Waals surface area contributed by atoms with E-state index < -0.39 is 0 Å². The molecule has 1 heterocycles. The van der Waals surface area contributed by atoms with E-state index in [4.69, 9.17) is 19.2 Å². The van der Waals surface area contributed by atoms with Crippen molar-refractivity contribution >= 4 is 22.6 Å². The zero-order chi connectivity index (χ0) is 24.7. The minimum Gasteiger partial charge on any atom is -0.493 e. The average Bonchev–Trinajstić information content (AvgIpc) is 2.80. The van der Waals surface area contributed by atoms with Crippen molar-refractivity contribution in [3.8, 4) is 17.2 Å². The molecule has 0 fully saturated rings. The van der Waals surface area contributed by atoms with Crippen LogP contribution in [0.5, 0.6) is 17.2 Å². The van der Waals surface area contributed by atoms with Gasteiger partial charge in [-0.1, -0.05) is 13.8 Å². The van der Waals surface area contributed by atoms with E-state index in [-0.39, 0.29) is 11.8 Å². The van der Waals surface area contributed by atoms with Crippen LogP contribution in [0, 0.1) is 5.92 Å². The summed E-state index contributed by atoms with van der Waals surface area (Å²) in [6, 6.07) is 3.91. The first-order chi connectivity index (χ1) is 15.7. The molecule has 0 aliphatic rings. The fourth-order valence-corrected chi connectivity index (χ4v) is 4.02. The van der Waals surface area contributed by atoms with Crippen LogP contribution < -0.4 is 19.1 Å². The first-order valence-electron chi connectivity index (χ1n) is 11.5. The number of ether oxygens (including phenoxy) is 3. The van der Waals surface area contributed by atoms with E-state index in [0.29, 0.717) is 30.3 Å². The van der Waals surface area contributed by atoms with Crippen LogP contribution in [0.2, 0.25) is 0 Å². The van der Waals surface area contributed by atoms with E-state index in [2.05, 4.69) is 24.8 Å². The highest BCUT2D eigenvalue weighted by molar-refractivity contribution is 5.92. The molecular weight excluding hydrogens is 420 g/mol. The van der Waals surface area contributed by atoms with E-state index >= 15 is 0 Å². The molecule has 0 atom stereocenters. The Balaban J connectivity index is 2.65. The van der Waals surface area contributed by atoms with Gasteiger partial charge in [0, 0.05) is 56.7 Å². The Morgan fingerprint density at radius 2 is 1.58 bits per heavy atom. The second-order valence-corrected chi connectivity index (χ2v) is 8.65. The molecule has 0 N–H and O–H groups in total. The number of carbonyl (C=O) groups excluding carboxylic acids is 1. The van der Waals surface area contributed by atoms with Crippen LogP contribution in [0.15, 0.2) is 12.1 Å². The van der Waals surface area contributed by atoms with Gasteiger partial charge in [0.25, 0.3) is 0 Å². The summed E-state index contributed by atoms with van der Waals surface area (Å²) in [5, 5.41) is 0.818. The van der Waals surface area contributed by atoms with Crippen molar-refractivity contribution in [2.75, 3.05) is 67.5 Å². The van der Waals surface area contributed by atoms with Crippen molar-refractivity contribution < 1.29 is 19.0 Å². The third-order valence-corrected chi connectivity index (χ3v) is 5.93. The number of hydrogen-bond donors (Lipinski definition) is 0. The highest BCUT2D eigenvalue weighted by atomic mass is 16.5. The fourth-order valence-electron chi connectivity index (χ4n) is 4.02. The summed E-state index contributed by atoms with van der Waals surface area (Å²) >= 11 is 0. The van der Waals surface area contributed by atoms with Crippen LogP contribution in [0.25, 0.3) is 10.9 Å². The molecule has 8 nitrogen and oxygen atoms in total. The van der Waals surface area contributed by atoms with Crippen molar-refractivity contribution in [1.29, 1.82) is 0 Å². The Morgan fingerprint density at radius 3 is 2.06 bits per heavy atom. The maximum Gasteiger partial charge on any atom is 0.226 e. The lowest BCUT2D eigenvalue weighted by atomic mass is 10.0. The fraction of sp³-hybridized carbons (Fsp3) is 0.600. The third kappa shape index (κ3) is 5.99. The van der Waals surface area contributed by atoms with Crippen LogP contribution in [0.1, 0.15) is 32.3 Å². The minimum absolute atomic E-state index is 0.0160. The van der Waals surface area contributed by atoms with Gasteiger partial charge in [0.1, 0.15) is 5.82 Å². The normalized spacial score (nSPS) is 11.2. The van der Waals surface area contributed by atoms with Gasteiger partial charge in [0.2, 0.25) is 11.7 Å². The average molecular weight is 461 g/mol. The van der Waals surface area contributed by atoms with Crippen molar-refractivity contribution in [3.63, 3.8) is 0 Å². The first kappa shape index (κ1) is 26.5. The third-order valence-electron chi connectivity index (χ3n) is 5.93. The van der Waals surface area contributed by atoms with Gasteiger partial charge in [-0.2, -0.15) is 0 Å². The summed E-state index contributed by atoms with van der Waals surface area (Å²) in [7, 11) is 12.8. The molecule has 0 saturated carbocycles. The van der Waals surface area contributed by atoms with Gasteiger partial charge < -0.3 is 28.9 Å². The number of nitrogens with zero attached hydrogens (tertiary/aromatic N) is 4. The van der Waals surface area contributed by atoms with E-state index in [0.717, 1.165) is 41.7 Å². The summed E-state index contributed by atoms with van der Waals surface area (Å²) < 4.78 is 16.8. The number of fused-ring (bicyclic) bond motifs is 1. The predicted molar refractivity (Wildman–Crippen MR) is 134 cm³/mol. The molecular formula is C25H40N4O4. The summed E-state index contributed by atoms with van der Waals surface area (Å²) in [5.74, 6) is 2.66. The molecule has 8 heteroatoms. The molecule has 0 unspecified atom stereocenters. The number of anilines is 1. The number of aromatic nitrogens is 1. The van der Waals surface area contributed by atoms with Crippen molar-refractivity contribution in [2.24, 2.45) is 5.92 Å². The molecule has 1 aromatic heterocycles. The number of methoxy groups -OCH3 is 3. The molecule has 0 radical (unpaired) electrons. The Kier molecular flexibility index (Phi) is 9.58. The highest BCUT2D eigenvalue weighted by Crippen LogP contribution is 2.44. The Morgan fingerprint density at radius 1 is 0.939 bits per heavy atom. The molecule has 1 amide bonds. The maximum atomic E-state index is 13.4. The zero-order valence-electron chi connectivity index (χ0n) is 21.7. The summed E-state index contributed by atoms with van der Waals surface area (Å²) in [6.07, 6.45) is 1.66. The van der Waals surface area contributed by atoms with Gasteiger partial charge in [-0.15, -0.1) is 0 Å². The van der Waals surface area contributed by atoms with E-state index in [1.54, 1.807) is 21.3 Å². The van der Waals surface area contributed by atoms with Gasteiger partial charge >= 0.3 is 0 Å². The number of amides is 1. The SMILES string of the molecule is CCC(CC)C(=O)N(CCN(C)C)Cc1cc2c(OC)c(OC)c(OC)cc2nc1N(C)C. The lowest BCUT2D eigenvalue weighted by molar-refractivity contribution is -0.136. The number of hydrogen-bond acceptors (Lipinski definition) is 7. The lowest BCUT2D eigenvalue weighted by Gasteiger charge is -2.29. The molecule has 0 aliphatic carbocycles. The topological polar surface area (TPSA) is 67.4 Å². The quantitative estimate of drug-likeness (QED) is 0.479. The van der Waals surface area contributed by atoms with E-state index in [9.17, 15) is 4.79 Å². The van der Waals surface area contributed by atoms with E-state index in [1.165, 1.54) is 0 Å². The van der Waals surface area contributed by atoms with Crippen molar-refractivity contribution in [1.82, 2.24) is 14.8 Å². The second-order valence-electron chi connectivity index (χ2n) is 8.65. The van der Waals surface area contributed by atoms with E-state index in [1.807, 2.05) is 44.1 Å². The van der Waals surface area contributed by atoms with Crippen LogP contribution in [0.4, 0.5) is 5.82 Å². The number of benzene rings is 1. The molecule has 2 aromatic rings. The van der Waals surface area contributed by atoms with Gasteiger partial charge in [0.15, 0.2) is 11.5 Å². The van der Waals surface area contributed by atoms with Crippen LogP contribution in [0.3, 0.4) is 0 Å².